The summed E-state index contributed by atoms with van der Waals surface area (Å²) in [6.45, 7) is 14.4. The number of hydrogen-bond donors (Lipinski definition) is 0. The Morgan fingerprint density at radius 1 is 0.756 bits per heavy atom. The van der Waals surface area contributed by atoms with Crippen molar-refractivity contribution in [2.24, 2.45) is 0 Å². The molecule has 0 aromatic carbocycles. The van der Waals surface area contributed by atoms with Crippen molar-refractivity contribution in [1.29, 1.82) is 10.5 Å². The molecule has 0 saturated heterocycles. The van der Waals surface area contributed by atoms with Crippen molar-refractivity contribution < 1.29 is 0 Å². The Balaban J connectivity index is 1.30. The first-order chi connectivity index (χ1) is 20.1. The first-order valence-corrected chi connectivity index (χ1v) is 17.1. The number of hydrogen-bond acceptors (Lipinski definition) is 7. The fourth-order valence-corrected chi connectivity index (χ4v) is 12.5. The van der Waals surface area contributed by atoms with Crippen LogP contribution in [0.1, 0.15) is 57.2 Å². The molecule has 0 radical (unpaired) electrons. The van der Waals surface area contributed by atoms with Gasteiger partial charge in [0.1, 0.15) is 0 Å². The van der Waals surface area contributed by atoms with Crippen LogP contribution in [0.4, 0.5) is 0 Å². The summed E-state index contributed by atoms with van der Waals surface area (Å²) in [7, 11) is 0. The molecule has 5 aromatic rings. The SMILES string of the molecule is [C-]#[N+]/C(C#N)=C\c1ccc(-c2cc3sc4c5c(sc4c3s2)C=C(c2ccc(/C=C(\C#N)[N+]#[C-])s2)C52CCCCC2)s1. The van der Waals surface area contributed by atoms with Crippen LogP contribution in [0.15, 0.2) is 41.7 Å². The molecule has 196 valence electrons. The third-order valence-electron chi connectivity index (χ3n) is 7.77. The highest BCUT2D eigenvalue weighted by atomic mass is 32.1. The fraction of sp³-hybridized carbons (Fsp3) is 0.188. The molecule has 0 aliphatic heterocycles. The molecule has 1 spiro atoms. The minimum absolute atomic E-state index is 0.0294. The largest absolute Gasteiger partial charge is 0.263 e. The van der Waals surface area contributed by atoms with Gasteiger partial charge >= 0.3 is 0 Å². The average molecular weight is 619 g/mol. The minimum Gasteiger partial charge on any atom is -0.227 e. The lowest BCUT2D eigenvalue weighted by molar-refractivity contribution is 0.376. The lowest BCUT2D eigenvalue weighted by Crippen LogP contribution is -2.28. The Labute approximate surface area is 257 Å². The van der Waals surface area contributed by atoms with Gasteiger partial charge in [-0.15, -0.1) is 56.7 Å². The lowest BCUT2D eigenvalue weighted by Gasteiger charge is -2.37. The highest BCUT2D eigenvalue weighted by molar-refractivity contribution is 7.40. The monoisotopic (exact) mass is 618 g/mol. The predicted molar refractivity (Wildman–Crippen MR) is 176 cm³/mol. The Morgan fingerprint density at radius 3 is 2.07 bits per heavy atom. The van der Waals surface area contributed by atoms with Crippen molar-refractivity contribution >= 4 is 99.3 Å². The van der Waals surface area contributed by atoms with Crippen LogP contribution in [0.5, 0.6) is 0 Å². The first-order valence-electron chi connectivity index (χ1n) is 13.0. The molecule has 9 heteroatoms. The number of rotatable bonds is 4. The van der Waals surface area contributed by atoms with E-state index < -0.39 is 0 Å². The Kier molecular flexibility index (Phi) is 6.52. The molecule has 41 heavy (non-hydrogen) atoms. The van der Waals surface area contributed by atoms with Crippen molar-refractivity contribution in [3.63, 3.8) is 0 Å². The number of allylic oxidation sites excluding steroid dienone is 3. The summed E-state index contributed by atoms with van der Waals surface area (Å²) in [6.07, 6.45) is 11.8. The quantitative estimate of drug-likeness (QED) is 0.149. The molecule has 0 amide bonds. The predicted octanol–water partition coefficient (Wildman–Crippen LogP) is 11.3. The molecular weight excluding hydrogens is 601 g/mol. The van der Waals surface area contributed by atoms with Gasteiger partial charge in [0.15, 0.2) is 0 Å². The van der Waals surface area contributed by atoms with Gasteiger partial charge in [0.05, 0.1) is 39.4 Å². The molecule has 4 nitrogen and oxygen atoms in total. The third kappa shape index (κ3) is 4.22. The van der Waals surface area contributed by atoms with Gasteiger partial charge < -0.3 is 0 Å². The molecule has 5 aromatic heterocycles. The van der Waals surface area contributed by atoms with Gasteiger partial charge in [-0.05, 0) is 72.5 Å². The molecule has 0 unspecified atom stereocenters. The minimum atomic E-state index is 0.0294. The molecule has 1 saturated carbocycles. The highest BCUT2D eigenvalue weighted by Gasteiger charge is 2.46. The first kappa shape index (κ1) is 26.1. The van der Waals surface area contributed by atoms with E-state index in [1.165, 1.54) is 63.8 Å². The van der Waals surface area contributed by atoms with Crippen molar-refractivity contribution in [3.05, 3.63) is 89.6 Å². The third-order valence-corrected chi connectivity index (χ3v) is 13.9. The average Bonchev–Trinajstić information content (AvgIpc) is 3.82. The van der Waals surface area contributed by atoms with Crippen molar-refractivity contribution in [1.82, 2.24) is 0 Å². The van der Waals surface area contributed by atoms with Crippen LogP contribution in [0.2, 0.25) is 0 Å². The summed E-state index contributed by atoms with van der Waals surface area (Å²) in [5.41, 5.74) is 3.20. The van der Waals surface area contributed by atoms with Crippen molar-refractivity contribution in [2.75, 3.05) is 0 Å². The fourth-order valence-electron chi connectivity index (χ4n) is 6.05. The van der Waals surface area contributed by atoms with E-state index in [0.29, 0.717) is 0 Å². The summed E-state index contributed by atoms with van der Waals surface area (Å²) >= 11 is 8.99. The number of fused-ring (bicyclic) bond motifs is 6. The molecule has 7 rings (SSSR count). The second-order valence-electron chi connectivity index (χ2n) is 10.0. The highest BCUT2D eigenvalue weighted by Crippen LogP contribution is 2.62. The Morgan fingerprint density at radius 2 is 1.41 bits per heavy atom. The maximum Gasteiger partial charge on any atom is 0.263 e. The van der Waals surface area contributed by atoms with Crippen molar-refractivity contribution in [2.45, 2.75) is 37.5 Å². The summed E-state index contributed by atoms with van der Waals surface area (Å²) in [5.74, 6) is 0. The van der Waals surface area contributed by atoms with Gasteiger partial charge in [-0.25, -0.2) is 20.2 Å². The number of thiophene rings is 5. The van der Waals surface area contributed by atoms with Crippen LogP contribution in [0.3, 0.4) is 0 Å². The maximum atomic E-state index is 9.21. The van der Waals surface area contributed by atoms with Crippen LogP contribution in [-0.2, 0) is 5.41 Å². The Bertz CT molecular complexity index is 2100. The second kappa shape index (κ2) is 10.2. The summed E-state index contributed by atoms with van der Waals surface area (Å²) < 4.78 is 5.52. The van der Waals surface area contributed by atoms with Gasteiger partial charge in [-0.1, -0.05) is 19.3 Å². The maximum absolute atomic E-state index is 9.21. The van der Waals surface area contributed by atoms with E-state index in [-0.39, 0.29) is 16.8 Å². The van der Waals surface area contributed by atoms with Crippen molar-refractivity contribution in [3.8, 4) is 21.9 Å². The van der Waals surface area contributed by atoms with Crippen LogP contribution >= 0.6 is 56.7 Å². The lowest BCUT2D eigenvalue weighted by atomic mass is 9.67. The van der Waals surface area contributed by atoms with Crippen LogP contribution in [0, 0.1) is 35.8 Å². The zero-order chi connectivity index (χ0) is 28.1. The smallest absolute Gasteiger partial charge is 0.227 e. The topological polar surface area (TPSA) is 56.3 Å². The molecule has 0 N–H and O–H groups in total. The van der Waals surface area contributed by atoms with E-state index in [1.54, 1.807) is 34.8 Å². The Hall–Kier alpha value is -3.80. The molecule has 2 aliphatic rings. The molecule has 0 bridgehead atoms. The normalized spacial score (nSPS) is 16.3. The summed E-state index contributed by atoms with van der Waals surface area (Å²) in [4.78, 5) is 13.5. The molecular formula is C32H18N4S5. The second-order valence-corrected chi connectivity index (χ2v) is 15.4. The van der Waals surface area contributed by atoms with E-state index in [4.69, 9.17) is 18.4 Å². The van der Waals surface area contributed by atoms with Gasteiger partial charge in [-0.3, -0.25) is 0 Å². The molecule has 0 atom stereocenters. The van der Waals surface area contributed by atoms with E-state index >= 15 is 0 Å². The number of nitriles is 2. The van der Waals surface area contributed by atoms with Gasteiger partial charge in [0.2, 0.25) is 0 Å². The number of nitrogens with zero attached hydrogens (tertiary/aromatic N) is 4. The van der Waals surface area contributed by atoms with E-state index in [1.807, 2.05) is 58.3 Å². The standard InChI is InChI=1S/C32H18N4S5/c1-35-18(16-33)12-20-6-8-23(37-20)22-14-26-28(32(22)10-4-3-5-11-32)30-31(40-26)29-27(41-30)15-25(39-29)24-9-7-21(38-24)13-19(17-34)36-2/h6-9,12-15H,3-5,10-11H2/b18-12+,19-13-. The van der Waals surface area contributed by atoms with Crippen LogP contribution in [0.25, 0.3) is 62.0 Å². The van der Waals surface area contributed by atoms with Crippen LogP contribution < -0.4 is 0 Å². The molecule has 2 aliphatic carbocycles. The zero-order valence-corrected chi connectivity index (χ0v) is 25.6. The molecule has 1 fully saturated rings. The molecule has 5 heterocycles. The van der Waals surface area contributed by atoms with Gasteiger partial charge in [-0.2, -0.15) is 0 Å². The van der Waals surface area contributed by atoms with Crippen LogP contribution in [-0.4, -0.2) is 0 Å². The van der Waals surface area contributed by atoms with Gasteiger partial charge in [0.25, 0.3) is 11.4 Å². The van der Waals surface area contributed by atoms with Gasteiger partial charge in [0, 0.05) is 39.4 Å². The van der Waals surface area contributed by atoms with E-state index in [0.717, 1.165) is 27.5 Å². The summed E-state index contributed by atoms with van der Waals surface area (Å²) in [6, 6.07) is 14.5. The van der Waals surface area contributed by atoms with E-state index in [9.17, 15) is 5.26 Å². The van der Waals surface area contributed by atoms with E-state index in [2.05, 4.69) is 34.0 Å². The zero-order valence-electron chi connectivity index (χ0n) is 21.5. The summed E-state index contributed by atoms with van der Waals surface area (Å²) in [5, 5.41) is 18.3.